The van der Waals surface area contributed by atoms with Crippen LogP contribution in [0, 0.1) is 35.1 Å². The third-order valence-corrected chi connectivity index (χ3v) is 15.6. The van der Waals surface area contributed by atoms with Crippen molar-refractivity contribution in [2.24, 2.45) is 0 Å². The molecule has 0 spiro atoms. The van der Waals surface area contributed by atoms with Crippen LogP contribution in [0.25, 0.3) is 45.4 Å². The second-order valence-corrected chi connectivity index (χ2v) is 24.6. The Morgan fingerprint density at radius 2 is 0.909 bits per heavy atom. The number of aromatic hydroxyl groups is 1. The molecule has 9 aromatic heterocycles. The van der Waals surface area contributed by atoms with Crippen LogP contribution in [0.3, 0.4) is 0 Å². The molecule has 0 unspecified atom stereocenters. The molecule has 43 heteroatoms. The van der Waals surface area contributed by atoms with Crippen LogP contribution in [0.1, 0.15) is 85.2 Å². The molecule has 0 amide bonds. The Balaban J connectivity index is 0. The number of benzene rings is 5. The van der Waals surface area contributed by atoms with E-state index in [0.717, 1.165) is 53.7 Å². The molecule has 14 rings (SSSR count). The summed E-state index contributed by atoms with van der Waals surface area (Å²) in [5.41, 5.74) is 11.2. The summed E-state index contributed by atoms with van der Waals surface area (Å²) in [6.45, 7) is 13.6. The monoisotopic (exact) mass is 1880 g/mol. The fourth-order valence-electron chi connectivity index (χ4n) is 9.86. The van der Waals surface area contributed by atoms with Crippen molar-refractivity contribution in [1.29, 1.82) is 0 Å². The van der Waals surface area contributed by atoms with E-state index in [9.17, 15) is 57.5 Å². The SMILES string of the molecule is C.CC.CC(=O)O.CC(=O)c1c(O)sc(=O)[nH]c1=O.Cc1cc(=O)[nH]c(=O)n1-c1ccccc1.Cc1cc(N)nc(=O)n1-c1ccccc1.Cc1cc2ncc(Cl)n2c(=O)n1-c1ccccc1.Cc1cc2nccn2c(=O)n1-c1ccccc1.N.O=C(O)CC(=O)O.O=CCCl.O=Cc1cc2ncc(Cl)n2c(=O)n1-c1ccccc1.O=[Se]=O.[Br-].[CH3-].[Mg+2]. The first-order chi connectivity index (χ1) is 55.2. The number of nitrogens with one attached hydrogen (secondary N) is 2. The molecule has 0 aliphatic rings. The summed E-state index contributed by atoms with van der Waals surface area (Å²) in [5.74, 6) is -3.66. The zero-order chi connectivity index (χ0) is 86.5. The number of hydrogen-bond donors (Lipinski definition) is 8. The minimum atomic E-state index is -1.62. The number of anilines is 1. The number of halogens is 4. The molecule has 636 valence electrons. The number of H-pyrrole nitrogens is 2. The fourth-order valence-corrected chi connectivity index (χ4v) is 10.9. The van der Waals surface area contributed by atoms with Gasteiger partial charge < -0.3 is 61.5 Å². The Morgan fingerprint density at radius 1 is 0.554 bits per heavy atom. The Kier molecular flexibility index (Phi) is 50.9. The number of rotatable bonds is 10. The maximum atomic E-state index is 12.4. The second kappa shape index (κ2) is 55.8. The number of carbonyl (C=O) groups is 6. The predicted molar refractivity (Wildman–Crippen MR) is 459 cm³/mol. The number of nitrogens with zero attached hydrogens (tertiary/aromatic N) is 12. The van der Waals surface area contributed by atoms with Gasteiger partial charge in [0.1, 0.15) is 51.3 Å². The molecule has 0 atom stereocenters. The number of nitrogens with two attached hydrogens (primary N) is 1. The van der Waals surface area contributed by atoms with Gasteiger partial charge in [0, 0.05) is 72.4 Å². The number of aryl methyl sites for hydroxylation is 4. The van der Waals surface area contributed by atoms with Gasteiger partial charge in [0.25, 0.3) is 17.1 Å². The zero-order valence-corrected chi connectivity index (χ0v) is 73.0. The first-order valence-electron chi connectivity index (χ1n) is 33.3. The number of Topliss-reactive ketones (excluding diaryl/α,β-unsaturated/α-hetero) is 1. The number of ketones is 1. The smallest absolute Gasteiger partial charge is 1.00 e. The van der Waals surface area contributed by atoms with Gasteiger partial charge in [-0.2, -0.15) is 4.98 Å². The number of imidazole rings is 3. The third kappa shape index (κ3) is 32.8. The van der Waals surface area contributed by atoms with Gasteiger partial charge in [-0.05, 0) is 107 Å². The van der Waals surface area contributed by atoms with Crippen molar-refractivity contribution in [2.75, 3.05) is 11.6 Å². The Bertz CT molecular complexity index is 6270. The number of aldehydes is 2. The summed E-state index contributed by atoms with van der Waals surface area (Å²) >= 11 is 15.5. The normalized spacial score (nSPS) is 9.38. The van der Waals surface area contributed by atoms with Gasteiger partial charge in [0.15, 0.2) is 17.1 Å². The van der Waals surface area contributed by atoms with Crippen molar-refractivity contribution in [3.8, 4) is 33.5 Å². The minimum absolute atomic E-state index is 0. The average Bonchev–Trinajstić information content (AvgIpc) is 1.65. The summed E-state index contributed by atoms with van der Waals surface area (Å²) in [6.07, 6.45) is 6.62. The van der Waals surface area contributed by atoms with E-state index in [0.29, 0.717) is 57.4 Å². The van der Waals surface area contributed by atoms with E-state index in [4.69, 9.17) is 78.2 Å². The summed E-state index contributed by atoms with van der Waals surface area (Å²) in [4.78, 5) is 171. The third-order valence-electron chi connectivity index (χ3n) is 14.2. The van der Waals surface area contributed by atoms with Crippen molar-refractivity contribution in [3.63, 3.8) is 0 Å². The van der Waals surface area contributed by atoms with Gasteiger partial charge in [-0.25, -0.2) is 47.7 Å². The van der Waals surface area contributed by atoms with Crippen molar-refractivity contribution < 1.29 is 73.8 Å². The van der Waals surface area contributed by atoms with Crippen LogP contribution in [0.2, 0.25) is 10.3 Å². The molecule has 14 aromatic rings. The van der Waals surface area contributed by atoms with Crippen LogP contribution in [0.4, 0.5) is 5.82 Å². The number of alkyl halides is 1. The standard InChI is InChI=1S/C13H8ClN3O2.C13H10ClN3O.C13H11N3O.C11H11N3O.C11H10N2O2.C6H5NO4S.C3H4O4.C2H3ClO.C2H4O2.C2H6.CH4.CH3.BrH.Mg.H3N.O2Se/c14-11-7-15-12-6-10(8-18)16(13(19)17(11)12)9-4-2-1-3-5-9;1-9-7-12-15-8-11(14)17(12)13(18)16(9)10-5-3-2-4-6-10;1-10-9-12-14-7-8-15(12)13(17)16(10)11-5-3-2-4-6-11;1-8-7-10(12)13-11(15)14(8)9-5-3-2-4-6-9;1-8-7-10(14)12-11(15)13(8)9-5-3-2-4-6-9;1-2(8)3-4(9)7-6(11)12-5(3)10;4-2(5)1-3(6)7;3-1-2-4;1-2(3)4;1-2;;;;;;1-3-2/h1-8H;2-8H,1H3;2-9H,1H3;2-7H,1H3,(H2,12,13,15);2-7H,1H3,(H,12,14,15);10H,1H3,(H,7,9,11);1H2,(H,4,5)(H,6,7);2H,1H2;1H3,(H,3,4);1-2H3;1H4;1H3;1H;;1H3;/q;;;;;;;;;;;-1;;+2;;/p-1. The van der Waals surface area contributed by atoms with Crippen LogP contribution >= 0.6 is 46.1 Å². The van der Waals surface area contributed by atoms with Crippen molar-refractivity contribution in [2.45, 2.75) is 69.2 Å². The Morgan fingerprint density at radius 3 is 1.27 bits per heavy atom. The molecule has 0 bridgehead atoms. The molecule has 5 aromatic carbocycles. The zero-order valence-electron chi connectivity index (χ0n) is 65.2. The molecule has 0 radical (unpaired) electrons. The summed E-state index contributed by atoms with van der Waals surface area (Å²) in [5, 5.41) is 31.8. The van der Waals surface area contributed by atoms with Gasteiger partial charge in [-0.3, -0.25) is 75.6 Å². The fraction of sp³-hybridized carbons (Fsp3) is 0.141. The number of para-hydroxylation sites is 5. The number of hydrogen-bond acceptors (Lipinski definition) is 24. The van der Waals surface area contributed by atoms with E-state index in [1.807, 2.05) is 179 Å². The van der Waals surface area contributed by atoms with Crippen LogP contribution in [-0.2, 0) is 26.8 Å². The molecule has 0 aliphatic heterocycles. The largest absolute Gasteiger partial charge is 2.00 e. The van der Waals surface area contributed by atoms with E-state index >= 15 is 0 Å². The van der Waals surface area contributed by atoms with Gasteiger partial charge in [-0.1, -0.05) is 135 Å². The quantitative estimate of drug-likeness (QED) is 0.0189. The number of nitrogen functional groups attached to an aromatic ring is 1. The predicted octanol–water partition coefficient (Wildman–Crippen LogP) is 6.19. The first-order valence-corrected chi connectivity index (χ1v) is 36.8. The number of aliphatic carboxylic acids is 3. The molecule has 36 nitrogen and oxygen atoms in total. The number of carboxylic acid groups (broad SMARTS) is 3. The summed E-state index contributed by atoms with van der Waals surface area (Å²) in [7, 11) is 0. The Hall–Kier alpha value is -12.8. The van der Waals surface area contributed by atoms with E-state index in [1.165, 1.54) is 47.0 Å². The first kappa shape index (κ1) is 110. The van der Waals surface area contributed by atoms with Gasteiger partial charge in [0.05, 0.1) is 52.4 Å². The van der Waals surface area contributed by atoms with E-state index in [1.54, 1.807) is 63.2 Å². The number of aromatic nitrogens is 14. The maximum absolute atomic E-state index is 12.4. The van der Waals surface area contributed by atoms with Crippen LogP contribution in [0.15, 0.2) is 245 Å². The topological polar surface area (TPSA) is 536 Å². The molecule has 0 aliphatic carbocycles. The van der Waals surface area contributed by atoms with E-state index in [2.05, 4.69) is 24.9 Å². The molecule has 9 heterocycles. The summed E-state index contributed by atoms with van der Waals surface area (Å²) in [6, 6.07) is 54.8. The van der Waals surface area contributed by atoms with Crippen molar-refractivity contribution >= 4 is 143 Å². The number of fused-ring (bicyclic) bond motifs is 3. The maximum Gasteiger partial charge on any atom is 2.00 e. The molecule has 0 saturated carbocycles. The molecular weight excluding hydrogens is 1800 g/mol. The molecule has 0 saturated heterocycles. The van der Waals surface area contributed by atoms with Crippen LogP contribution in [0.5, 0.6) is 5.06 Å². The van der Waals surface area contributed by atoms with Gasteiger partial charge in [-0.15, -0.1) is 11.6 Å². The van der Waals surface area contributed by atoms with Crippen molar-refractivity contribution in [3.05, 3.63) is 341 Å². The molecule has 121 heavy (non-hydrogen) atoms. The summed E-state index contributed by atoms with van der Waals surface area (Å²) < 4.78 is 28.6. The number of carboxylic acids is 3. The number of carbonyl (C=O) groups excluding carboxylic acids is 3. The van der Waals surface area contributed by atoms with Gasteiger partial charge in [0.2, 0.25) is 0 Å². The van der Waals surface area contributed by atoms with Crippen LogP contribution in [-0.4, -0.2) is 166 Å². The average molecular weight is 1890 g/mol. The second-order valence-electron chi connectivity index (χ2n) is 22.3. The van der Waals surface area contributed by atoms with E-state index in [-0.39, 0.29) is 112 Å². The molecule has 0 fully saturated rings. The molecule has 11 N–H and O–H groups in total. The van der Waals surface area contributed by atoms with Crippen molar-refractivity contribution in [1.82, 2.24) is 72.1 Å². The molecular formula is C78H82BrCl3MgN16O20SSe. The minimum Gasteiger partial charge on any atom is -1.00 e. The van der Waals surface area contributed by atoms with Gasteiger partial charge >= 0.3 is 90.8 Å². The van der Waals surface area contributed by atoms with Crippen LogP contribution < -0.4 is 73.3 Å². The number of aromatic amines is 2. The Labute approximate surface area is 739 Å². The van der Waals surface area contributed by atoms with E-state index < -0.39 is 71.8 Å².